The highest BCUT2D eigenvalue weighted by Gasteiger charge is 2.74. The van der Waals surface area contributed by atoms with Gasteiger partial charge in [-0.15, -0.1) is 0 Å². The number of ketones is 1. The number of aromatic hydroxyl groups is 1. The van der Waals surface area contributed by atoms with Crippen LogP contribution in [-0.2, 0) is 16.6 Å². The Hall–Kier alpha value is -1.47. The van der Waals surface area contributed by atoms with Crippen molar-refractivity contribution in [3.8, 4) is 5.75 Å². The molecule has 0 aromatic heterocycles. The van der Waals surface area contributed by atoms with Gasteiger partial charge >= 0.3 is 0 Å². The van der Waals surface area contributed by atoms with Gasteiger partial charge in [-0.05, 0) is 48.9 Å². The Morgan fingerprint density at radius 2 is 1.96 bits per heavy atom. The highest BCUT2D eigenvalue weighted by molar-refractivity contribution is 5.90. The van der Waals surface area contributed by atoms with Crippen LogP contribution in [0.2, 0.25) is 0 Å². The fourth-order valence-electron chi connectivity index (χ4n) is 6.81. The summed E-state index contributed by atoms with van der Waals surface area (Å²) in [7, 11) is 1.98. The maximum absolute atomic E-state index is 13.0. The van der Waals surface area contributed by atoms with E-state index in [4.69, 9.17) is 0 Å². The minimum absolute atomic E-state index is 0.129. The molecule has 4 aliphatic rings. The third-order valence-electron chi connectivity index (χ3n) is 8.30. The van der Waals surface area contributed by atoms with E-state index in [-0.39, 0.29) is 18.0 Å². The summed E-state index contributed by atoms with van der Waals surface area (Å²) in [5.74, 6) is -0.188. The van der Waals surface area contributed by atoms with Crippen LogP contribution in [0.4, 0.5) is 0 Å². The first-order valence-electron chi connectivity index (χ1n) is 10.4. The topological polar surface area (TPSA) is 98.0 Å². The summed E-state index contributed by atoms with van der Waals surface area (Å²) in [5, 5.41) is 44.6. The molecule has 1 aromatic carbocycles. The van der Waals surface area contributed by atoms with Gasteiger partial charge in [0.25, 0.3) is 0 Å². The minimum Gasteiger partial charge on any atom is -0.508 e. The largest absolute Gasteiger partial charge is 0.508 e. The Morgan fingerprint density at radius 3 is 2.64 bits per heavy atom. The lowest BCUT2D eigenvalue weighted by molar-refractivity contribution is -0.971. The second kappa shape index (κ2) is 5.57. The molecule has 0 amide bonds. The van der Waals surface area contributed by atoms with Crippen LogP contribution >= 0.6 is 0 Å². The molecule has 28 heavy (non-hydrogen) atoms. The molecule has 5 rings (SSSR count). The summed E-state index contributed by atoms with van der Waals surface area (Å²) >= 11 is 0. The van der Waals surface area contributed by atoms with Crippen LogP contribution < -0.4 is 0 Å². The van der Waals surface area contributed by atoms with Crippen molar-refractivity contribution in [3.05, 3.63) is 28.8 Å². The number of rotatable bonds is 2. The van der Waals surface area contributed by atoms with E-state index in [2.05, 4.69) is 0 Å². The SMILES string of the molecule is Cc1ccc(O)c2c1[C@]13CC[N@+](C)(CC4CC4)[C@H](O)[C@]1(O)CC(O)C(=O)[C@@H]3C2. The molecule has 2 saturated carbocycles. The van der Waals surface area contributed by atoms with E-state index in [0.29, 0.717) is 35.4 Å². The van der Waals surface area contributed by atoms with E-state index in [9.17, 15) is 25.2 Å². The Labute approximate surface area is 165 Å². The number of Topliss-reactive ketones (excluding diaryl/α,β-unsaturated/α-hetero) is 1. The zero-order valence-electron chi connectivity index (χ0n) is 16.6. The molecule has 1 heterocycles. The molecule has 0 bridgehead atoms. The number of likely N-dealkylation sites (N-methyl/N-ethyl adjacent to an activating group) is 1. The first-order chi connectivity index (χ1) is 13.1. The van der Waals surface area contributed by atoms with Crippen molar-refractivity contribution in [2.45, 2.75) is 62.4 Å². The molecule has 6 nitrogen and oxygen atoms in total. The first kappa shape index (κ1) is 18.6. The third-order valence-corrected chi connectivity index (χ3v) is 8.30. The Balaban J connectivity index is 1.71. The number of quaternary nitrogens is 1. The normalized spacial score (nSPS) is 44.8. The van der Waals surface area contributed by atoms with Gasteiger partial charge in [-0.1, -0.05) is 6.07 Å². The molecule has 1 unspecified atom stereocenters. The van der Waals surface area contributed by atoms with Gasteiger partial charge in [0.05, 0.1) is 20.1 Å². The van der Waals surface area contributed by atoms with Gasteiger partial charge < -0.3 is 20.4 Å². The number of carbonyl (C=O) groups is 1. The molecule has 1 spiro atoms. The number of hydrogen-bond donors (Lipinski definition) is 4. The van der Waals surface area contributed by atoms with E-state index in [1.807, 2.05) is 20.0 Å². The molecule has 4 N–H and O–H groups in total. The summed E-state index contributed by atoms with van der Waals surface area (Å²) in [4.78, 5) is 13.0. The fourth-order valence-corrected chi connectivity index (χ4v) is 6.81. The highest BCUT2D eigenvalue weighted by atomic mass is 16.4. The van der Waals surface area contributed by atoms with Gasteiger partial charge in [-0.25, -0.2) is 0 Å². The summed E-state index contributed by atoms with van der Waals surface area (Å²) in [5.41, 5.74) is -0.143. The van der Waals surface area contributed by atoms with Gasteiger partial charge in [0.1, 0.15) is 11.9 Å². The quantitative estimate of drug-likeness (QED) is 0.561. The van der Waals surface area contributed by atoms with E-state index in [0.717, 1.165) is 30.5 Å². The lowest BCUT2D eigenvalue weighted by atomic mass is 9.51. The number of aryl methyl sites for hydroxylation is 1. The number of likely N-dealkylation sites (tertiary alicyclic amines) is 1. The average molecular weight is 388 g/mol. The summed E-state index contributed by atoms with van der Waals surface area (Å²) in [6, 6.07) is 3.45. The average Bonchev–Trinajstić information content (AvgIpc) is 3.37. The molecule has 1 saturated heterocycles. The fraction of sp³-hybridized carbons (Fsp3) is 0.682. The number of phenols is 1. The van der Waals surface area contributed by atoms with Crippen LogP contribution in [0.3, 0.4) is 0 Å². The van der Waals surface area contributed by atoms with Crippen molar-refractivity contribution in [2.24, 2.45) is 11.8 Å². The molecular formula is C22H30NO5+. The van der Waals surface area contributed by atoms with E-state index in [1.165, 1.54) is 0 Å². The van der Waals surface area contributed by atoms with Crippen LogP contribution in [0.1, 0.15) is 42.4 Å². The Morgan fingerprint density at radius 1 is 1.25 bits per heavy atom. The number of piperidine rings is 1. The van der Waals surface area contributed by atoms with Gasteiger partial charge in [-0.2, -0.15) is 0 Å². The predicted octanol–water partition coefficient (Wildman–Crippen LogP) is 0.754. The number of phenolic OH excluding ortho intramolecular Hbond substituents is 1. The summed E-state index contributed by atoms with van der Waals surface area (Å²) < 4.78 is 0.351. The van der Waals surface area contributed by atoms with Crippen LogP contribution in [0.15, 0.2) is 12.1 Å². The number of nitrogens with zero attached hydrogens (tertiary/aromatic N) is 1. The summed E-state index contributed by atoms with van der Waals surface area (Å²) in [6.45, 7) is 3.40. The van der Waals surface area contributed by atoms with E-state index < -0.39 is 29.3 Å². The monoisotopic (exact) mass is 388 g/mol. The second-order valence-corrected chi connectivity index (χ2v) is 9.98. The molecule has 0 radical (unpaired) electrons. The maximum atomic E-state index is 13.0. The van der Waals surface area contributed by atoms with Crippen LogP contribution in [0.5, 0.6) is 5.75 Å². The summed E-state index contributed by atoms with van der Waals surface area (Å²) in [6.07, 6.45) is 0.649. The number of aliphatic hydroxyl groups excluding tert-OH is 2. The smallest absolute Gasteiger partial charge is 0.221 e. The lowest BCUT2D eigenvalue weighted by Crippen LogP contribution is -2.79. The van der Waals surface area contributed by atoms with E-state index in [1.54, 1.807) is 6.07 Å². The predicted molar refractivity (Wildman–Crippen MR) is 102 cm³/mol. The number of hydrogen-bond acceptors (Lipinski definition) is 5. The van der Waals surface area contributed by atoms with Crippen LogP contribution in [0, 0.1) is 18.8 Å². The lowest BCUT2D eigenvalue weighted by Gasteiger charge is -2.62. The maximum Gasteiger partial charge on any atom is 0.221 e. The van der Waals surface area contributed by atoms with Crippen LogP contribution in [-0.4, -0.2) is 68.8 Å². The molecule has 6 heteroatoms. The van der Waals surface area contributed by atoms with Gasteiger partial charge in [0, 0.05) is 30.1 Å². The zero-order valence-corrected chi connectivity index (χ0v) is 16.6. The highest BCUT2D eigenvalue weighted by Crippen LogP contribution is 2.63. The molecule has 3 aliphatic carbocycles. The Bertz CT molecular complexity index is 867. The number of carbonyl (C=O) groups excluding carboxylic acids is 1. The van der Waals surface area contributed by atoms with Crippen molar-refractivity contribution in [1.82, 2.24) is 0 Å². The number of fused-ring (bicyclic) bond motifs is 1. The van der Waals surface area contributed by atoms with Crippen molar-refractivity contribution < 1.29 is 29.7 Å². The van der Waals surface area contributed by atoms with Crippen molar-refractivity contribution in [2.75, 3.05) is 20.1 Å². The Kier molecular flexibility index (Phi) is 3.69. The molecule has 6 atom stereocenters. The molecule has 152 valence electrons. The first-order valence-corrected chi connectivity index (χ1v) is 10.4. The number of benzene rings is 1. The van der Waals surface area contributed by atoms with E-state index >= 15 is 0 Å². The van der Waals surface area contributed by atoms with Crippen molar-refractivity contribution >= 4 is 5.78 Å². The molecule has 3 fully saturated rings. The molecule has 1 aromatic rings. The van der Waals surface area contributed by atoms with Gasteiger partial charge in [-0.3, -0.25) is 9.28 Å². The molecular weight excluding hydrogens is 358 g/mol. The van der Waals surface area contributed by atoms with Gasteiger partial charge in [0.15, 0.2) is 11.4 Å². The van der Waals surface area contributed by atoms with Crippen LogP contribution in [0.25, 0.3) is 0 Å². The van der Waals surface area contributed by atoms with Crippen molar-refractivity contribution in [1.29, 1.82) is 0 Å². The second-order valence-electron chi connectivity index (χ2n) is 9.98. The zero-order chi connectivity index (χ0) is 20.1. The molecule has 1 aliphatic heterocycles. The number of aliphatic hydroxyl groups is 3. The van der Waals surface area contributed by atoms with Crippen molar-refractivity contribution in [3.63, 3.8) is 0 Å². The van der Waals surface area contributed by atoms with Gasteiger partial charge in [0.2, 0.25) is 6.23 Å². The minimum atomic E-state index is -1.61. The standard InChI is InChI=1S/C22H29NO5/c1-12-3-6-16(24)14-9-15-19(26)17(25)10-22(28)20(27)23(2,11-13-4-5-13)8-7-21(15,22)18(12)14/h3,6,13,15,17,20,25,27-28H,4-5,7-11H2,1-2H3/p+1/t15-,17?,20+,21+,22+,23+/m0/s1. The third kappa shape index (κ3) is 2.09.